The average Bonchev–Trinajstić information content (AvgIpc) is 2.90. The third kappa shape index (κ3) is 2.21. The highest BCUT2D eigenvalue weighted by Crippen LogP contribution is 2.34. The number of amides is 1. The number of nitrogens with zero attached hydrogens (tertiary/aromatic N) is 1. The van der Waals surface area contributed by atoms with E-state index in [2.05, 4.69) is 0 Å². The third-order valence-electron chi connectivity index (χ3n) is 3.87. The fourth-order valence-corrected chi connectivity index (χ4v) is 2.71. The first kappa shape index (κ1) is 13.2. The van der Waals surface area contributed by atoms with E-state index in [0.717, 1.165) is 0 Å². The van der Waals surface area contributed by atoms with Gasteiger partial charge in [-0.2, -0.15) is 0 Å². The van der Waals surface area contributed by atoms with Gasteiger partial charge in [-0.3, -0.25) is 4.79 Å². The van der Waals surface area contributed by atoms with Crippen molar-refractivity contribution in [3.63, 3.8) is 0 Å². The SMILES string of the molecule is O=C(c1cccc(O)c1O)N1CCC2(CC1)OCCO2. The van der Waals surface area contributed by atoms with E-state index in [-0.39, 0.29) is 23.0 Å². The Morgan fingerprint density at radius 1 is 1.15 bits per heavy atom. The number of carbonyl (C=O) groups is 1. The summed E-state index contributed by atoms with van der Waals surface area (Å²) in [6, 6.07) is 4.39. The van der Waals surface area contributed by atoms with Crippen LogP contribution < -0.4 is 0 Å². The predicted molar refractivity (Wildman–Crippen MR) is 69.5 cm³/mol. The quantitative estimate of drug-likeness (QED) is 0.752. The van der Waals surface area contributed by atoms with Crippen LogP contribution in [0, 0.1) is 0 Å². The second-order valence-corrected chi connectivity index (χ2v) is 5.07. The fourth-order valence-electron chi connectivity index (χ4n) is 2.71. The zero-order valence-electron chi connectivity index (χ0n) is 11.0. The molecule has 0 aliphatic carbocycles. The summed E-state index contributed by atoms with van der Waals surface area (Å²) in [7, 11) is 0. The number of piperidine rings is 1. The van der Waals surface area contributed by atoms with Gasteiger partial charge in [0.2, 0.25) is 0 Å². The lowest BCUT2D eigenvalue weighted by molar-refractivity contribution is -0.181. The van der Waals surface area contributed by atoms with Crippen LogP contribution in [-0.2, 0) is 9.47 Å². The van der Waals surface area contributed by atoms with Crippen LogP contribution in [0.4, 0.5) is 0 Å². The summed E-state index contributed by atoms with van der Waals surface area (Å²) >= 11 is 0. The molecule has 2 aliphatic heterocycles. The van der Waals surface area contributed by atoms with Crippen LogP contribution in [0.15, 0.2) is 18.2 Å². The van der Waals surface area contributed by atoms with Crippen molar-refractivity contribution >= 4 is 5.91 Å². The van der Waals surface area contributed by atoms with Crippen LogP contribution in [0.2, 0.25) is 0 Å². The van der Waals surface area contributed by atoms with Crippen LogP contribution in [0.5, 0.6) is 11.5 Å². The van der Waals surface area contributed by atoms with Crippen LogP contribution in [0.25, 0.3) is 0 Å². The minimum absolute atomic E-state index is 0.120. The minimum Gasteiger partial charge on any atom is -0.504 e. The zero-order chi connectivity index (χ0) is 14.2. The van der Waals surface area contributed by atoms with Crippen molar-refractivity contribution in [1.82, 2.24) is 4.90 Å². The smallest absolute Gasteiger partial charge is 0.257 e. The molecule has 0 unspecified atom stereocenters. The van der Waals surface area contributed by atoms with Gasteiger partial charge in [-0.1, -0.05) is 6.07 Å². The van der Waals surface area contributed by atoms with Crippen molar-refractivity contribution in [2.45, 2.75) is 18.6 Å². The van der Waals surface area contributed by atoms with Gasteiger partial charge in [0, 0.05) is 25.9 Å². The summed E-state index contributed by atoms with van der Waals surface area (Å²) in [4.78, 5) is 14.0. The highest BCUT2D eigenvalue weighted by molar-refractivity contribution is 5.97. The van der Waals surface area contributed by atoms with Gasteiger partial charge >= 0.3 is 0 Å². The molecule has 20 heavy (non-hydrogen) atoms. The van der Waals surface area contributed by atoms with Gasteiger partial charge in [-0.05, 0) is 12.1 Å². The van der Waals surface area contributed by atoms with Gasteiger partial charge in [0.25, 0.3) is 5.91 Å². The van der Waals surface area contributed by atoms with E-state index in [9.17, 15) is 15.0 Å². The Morgan fingerprint density at radius 3 is 2.45 bits per heavy atom. The van der Waals surface area contributed by atoms with Crippen LogP contribution in [-0.4, -0.2) is 53.1 Å². The summed E-state index contributed by atoms with van der Waals surface area (Å²) in [6.07, 6.45) is 1.25. The van der Waals surface area contributed by atoms with Crippen molar-refractivity contribution in [2.24, 2.45) is 0 Å². The van der Waals surface area contributed by atoms with Crippen molar-refractivity contribution in [1.29, 1.82) is 0 Å². The molecular formula is C14H17NO5. The van der Waals surface area contributed by atoms with Gasteiger partial charge in [0.1, 0.15) is 0 Å². The molecule has 0 atom stereocenters. The van der Waals surface area contributed by atoms with E-state index >= 15 is 0 Å². The summed E-state index contributed by atoms with van der Waals surface area (Å²) in [6.45, 7) is 2.21. The number of ether oxygens (including phenoxy) is 2. The van der Waals surface area contributed by atoms with Gasteiger partial charge in [0.15, 0.2) is 17.3 Å². The molecule has 3 rings (SSSR count). The Hall–Kier alpha value is -1.79. The van der Waals surface area contributed by atoms with E-state index in [1.165, 1.54) is 18.2 Å². The molecule has 0 bridgehead atoms. The number of hydrogen-bond donors (Lipinski definition) is 2. The minimum atomic E-state index is -0.530. The van der Waals surface area contributed by atoms with Crippen molar-refractivity contribution in [2.75, 3.05) is 26.3 Å². The summed E-state index contributed by atoms with van der Waals surface area (Å²) in [5.41, 5.74) is 0.120. The fraction of sp³-hybridized carbons (Fsp3) is 0.500. The maximum atomic E-state index is 12.3. The predicted octanol–water partition coefficient (Wildman–Crippen LogP) is 1.08. The monoisotopic (exact) mass is 279 g/mol. The molecule has 6 nitrogen and oxygen atoms in total. The topological polar surface area (TPSA) is 79.2 Å². The van der Waals surface area contributed by atoms with E-state index in [4.69, 9.17) is 9.47 Å². The standard InChI is InChI=1S/C14H17NO5/c16-11-3-1-2-10(12(11)17)13(18)15-6-4-14(5-7-15)19-8-9-20-14/h1-3,16-17H,4-9H2. The Balaban J connectivity index is 1.71. The largest absolute Gasteiger partial charge is 0.504 e. The summed E-state index contributed by atoms with van der Waals surface area (Å²) in [5.74, 6) is -1.47. The average molecular weight is 279 g/mol. The lowest BCUT2D eigenvalue weighted by atomic mass is 10.0. The molecule has 6 heteroatoms. The van der Waals surface area contributed by atoms with Crippen molar-refractivity contribution < 1.29 is 24.5 Å². The molecule has 2 aliphatic rings. The molecule has 0 radical (unpaired) electrons. The molecule has 1 spiro atoms. The third-order valence-corrected chi connectivity index (χ3v) is 3.87. The van der Waals surface area contributed by atoms with Crippen molar-refractivity contribution in [3.05, 3.63) is 23.8 Å². The number of likely N-dealkylation sites (tertiary alicyclic amines) is 1. The first-order chi connectivity index (χ1) is 9.61. The number of rotatable bonds is 1. The molecule has 2 heterocycles. The molecule has 2 saturated heterocycles. The highest BCUT2D eigenvalue weighted by Gasteiger charge is 2.41. The van der Waals surface area contributed by atoms with Gasteiger partial charge in [-0.15, -0.1) is 0 Å². The van der Waals surface area contributed by atoms with E-state index in [0.29, 0.717) is 39.1 Å². The Morgan fingerprint density at radius 2 is 1.80 bits per heavy atom. The maximum absolute atomic E-state index is 12.3. The Bertz CT molecular complexity index is 514. The van der Waals surface area contributed by atoms with Crippen molar-refractivity contribution in [3.8, 4) is 11.5 Å². The Kier molecular flexibility index (Phi) is 3.27. The molecule has 1 amide bonds. The highest BCUT2D eigenvalue weighted by atomic mass is 16.7. The lowest BCUT2D eigenvalue weighted by Crippen LogP contribution is -2.47. The number of phenolic OH excluding ortho intramolecular Hbond substituents is 2. The van der Waals surface area contributed by atoms with Gasteiger partial charge < -0.3 is 24.6 Å². The number of carbonyl (C=O) groups excluding carboxylic acids is 1. The second-order valence-electron chi connectivity index (χ2n) is 5.07. The molecule has 2 fully saturated rings. The van der Waals surface area contributed by atoms with Crippen LogP contribution in [0.3, 0.4) is 0 Å². The Labute approximate surface area is 116 Å². The molecular weight excluding hydrogens is 262 g/mol. The van der Waals surface area contributed by atoms with Crippen LogP contribution in [0.1, 0.15) is 23.2 Å². The van der Waals surface area contributed by atoms with E-state index in [1.807, 2.05) is 0 Å². The molecule has 108 valence electrons. The number of aromatic hydroxyl groups is 2. The number of benzene rings is 1. The zero-order valence-corrected chi connectivity index (χ0v) is 11.0. The lowest BCUT2D eigenvalue weighted by Gasteiger charge is -2.37. The van der Waals surface area contributed by atoms with Gasteiger partial charge in [0.05, 0.1) is 18.8 Å². The summed E-state index contributed by atoms with van der Waals surface area (Å²) in [5, 5.41) is 19.2. The molecule has 2 N–H and O–H groups in total. The molecule has 1 aromatic carbocycles. The van der Waals surface area contributed by atoms with E-state index in [1.54, 1.807) is 4.90 Å². The molecule has 0 saturated carbocycles. The molecule has 1 aromatic rings. The number of hydrogen-bond acceptors (Lipinski definition) is 5. The summed E-state index contributed by atoms with van der Waals surface area (Å²) < 4.78 is 11.2. The second kappa shape index (κ2) is 4.96. The van der Waals surface area contributed by atoms with Crippen LogP contribution >= 0.6 is 0 Å². The number of phenols is 2. The maximum Gasteiger partial charge on any atom is 0.257 e. The molecule has 0 aromatic heterocycles. The van der Waals surface area contributed by atoms with E-state index < -0.39 is 5.79 Å². The van der Waals surface area contributed by atoms with Gasteiger partial charge in [-0.25, -0.2) is 0 Å². The first-order valence-corrected chi connectivity index (χ1v) is 6.69. The first-order valence-electron chi connectivity index (χ1n) is 6.69. The normalized spacial score (nSPS) is 21.3. The number of para-hydroxylation sites is 1.